The molecule has 0 saturated heterocycles. The van der Waals surface area contributed by atoms with E-state index in [9.17, 15) is 14.4 Å². The number of ether oxygens (including phenoxy) is 3. The summed E-state index contributed by atoms with van der Waals surface area (Å²) in [6.45, 7) is 0.549. The van der Waals surface area contributed by atoms with Crippen molar-refractivity contribution < 1.29 is 28.6 Å². The summed E-state index contributed by atoms with van der Waals surface area (Å²) in [7, 11) is 0. The van der Waals surface area contributed by atoms with E-state index in [0.717, 1.165) is 5.56 Å². The molecule has 0 radical (unpaired) electrons. The minimum atomic E-state index is -0.750. The third kappa shape index (κ3) is 6.77. The highest BCUT2D eigenvalue weighted by atomic mass is 35.5. The van der Waals surface area contributed by atoms with Gasteiger partial charge in [-0.15, -0.1) is 0 Å². The summed E-state index contributed by atoms with van der Waals surface area (Å²) in [4.78, 5) is 35.7. The Balaban J connectivity index is 1.33. The Labute approximate surface area is 188 Å². The van der Waals surface area contributed by atoms with Gasteiger partial charge in [0.2, 0.25) is 0 Å². The summed E-state index contributed by atoms with van der Waals surface area (Å²) in [5.41, 5.74) is 1.15. The number of carbonyl (C=O) groups is 3. The molecule has 1 heterocycles. The maximum absolute atomic E-state index is 12.0. The van der Waals surface area contributed by atoms with Crippen molar-refractivity contribution >= 4 is 41.0 Å². The van der Waals surface area contributed by atoms with Gasteiger partial charge in [-0.25, -0.2) is 0 Å². The quantitative estimate of drug-likeness (QED) is 0.579. The van der Waals surface area contributed by atoms with Gasteiger partial charge in [0.15, 0.2) is 18.1 Å². The Hall–Kier alpha value is -2.97. The van der Waals surface area contributed by atoms with Gasteiger partial charge in [0.25, 0.3) is 11.8 Å². The fourth-order valence-electron chi connectivity index (χ4n) is 2.76. The summed E-state index contributed by atoms with van der Waals surface area (Å²) < 4.78 is 15.8. The van der Waals surface area contributed by atoms with E-state index in [1.165, 1.54) is 18.2 Å². The molecule has 2 amide bonds. The molecule has 1 aliphatic heterocycles. The molecule has 10 heteroatoms. The molecule has 0 aromatic heterocycles. The lowest BCUT2D eigenvalue weighted by atomic mass is 10.1. The molecule has 0 unspecified atom stereocenters. The first kappa shape index (κ1) is 22.7. The van der Waals surface area contributed by atoms with Gasteiger partial charge in [-0.1, -0.05) is 29.3 Å². The van der Waals surface area contributed by atoms with Crippen molar-refractivity contribution in [3.63, 3.8) is 0 Å². The molecule has 31 heavy (non-hydrogen) atoms. The molecule has 1 aliphatic rings. The number of esters is 1. The van der Waals surface area contributed by atoms with Gasteiger partial charge in [0, 0.05) is 11.6 Å². The predicted molar refractivity (Wildman–Crippen MR) is 114 cm³/mol. The molecule has 0 bridgehead atoms. The predicted octanol–water partition coefficient (Wildman–Crippen LogP) is 2.40. The largest absolute Gasteiger partial charge is 0.486 e. The maximum Gasteiger partial charge on any atom is 0.325 e. The van der Waals surface area contributed by atoms with Crippen LogP contribution in [0, 0.1) is 0 Å². The topological polar surface area (TPSA) is 103 Å². The summed E-state index contributed by atoms with van der Waals surface area (Å²) in [6, 6.07) is 9.98. The fraction of sp³-hybridized carbons (Fsp3) is 0.286. The second-order valence-corrected chi connectivity index (χ2v) is 7.39. The van der Waals surface area contributed by atoms with Gasteiger partial charge in [0.05, 0.1) is 10.6 Å². The number of hydrogen-bond donors (Lipinski definition) is 2. The van der Waals surface area contributed by atoms with E-state index in [1.807, 2.05) is 18.2 Å². The lowest BCUT2D eigenvalue weighted by Gasteiger charge is -2.18. The molecule has 164 valence electrons. The SMILES string of the molecule is O=C(COC(=O)CNC(=O)c1ccc(Cl)cc1Cl)NCCc1ccc2c(c1)OCCO2. The lowest BCUT2D eigenvalue weighted by molar-refractivity contribution is -0.147. The van der Waals surface area contributed by atoms with Crippen molar-refractivity contribution in [2.75, 3.05) is 32.9 Å². The van der Waals surface area contributed by atoms with Crippen molar-refractivity contribution in [3.8, 4) is 11.5 Å². The number of carbonyl (C=O) groups excluding carboxylic acids is 3. The van der Waals surface area contributed by atoms with Gasteiger partial charge < -0.3 is 24.8 Å². The smallest absolute Gasteiger partial charge is 0.325 e. The molecule has 0 fully saturated rings. The lowest BCUT2D eigenvalue weighted by Crippen LogP contribution is -2.34. The summed E-state index contributed by atoms with van der Waals surface area (Å²) in [5.74, 6) is -0.358. The highest BCUT2D eigenvalue weighted by molar-refractivity contribution is 6.36. The first-order valence-electron chi connectivity index (χ1n) is 9.46. The Morgan fingerprint density at radius 3 is 2.52 bits per heavy atom. The molecular weight excluding hydrogens is 447 g/mol. The van der Waals surface area contributed by atoms with Crippen LogP contribution in [0.3, 0.4) is 0 Å². The van der Waals surface area contributed by atoms with Crippen molar-refractivity contribution in [1.29, 1.82) is 0 Å². The van der Waals surface area contributed by atoms with Crippen LogP contribution in [0.25, 0.3) is 0 Å². The molecule has 2 N–H and O–H groups in total. The molecule has 8 nitrogen and oxygen atoms in total. The van der Waals surface area contributed by atoms with Crippen LogP contribution >= 0.6 is 23.2 Å². The molecule has 3 rings (SSSR count). The summed E-state index contributed by atoms with van der Waals surface area (Å²) >= 11 is 11.7. The van der Waals surface area contributed by atoms with Crippen LogP contribution in [0.4, 0.5) is 0 Å². The van der Waals surface area contributed by atoms with Crippen LogP contribution in [0.5, 0.6) is 11.5 Å². The second kappa shape index (κ2) is 10.9. The van der Waals surface area contributed by atoms with E-state index in [4.69, 9.17) is 37.4 Å². The van der Waals surface area contributed by atoms with Crippen LogP contribution in [-0.2, 0) is 20.7 Å². The number of amides is 2. The molecule has 2 aromatic carbocycles. The minimum Gasteiger partial charge on any atom is -0.486 e. The molecule has 0 saturated carbocycles. The van der Waals surface area contributed by atoms with Crippen LogP contribution in [0.15, 0.2) is 36.4 Å². The Morgan fingerprint density at radius 2 is 1.74 bits per heavy atom. The zero-order valence-electron chi connectivity index (χ0n) is 16.4. The van der Waals surface area contributed by atoms with Crippen molar-refractivity contribution in [1.82, 2.24) is 10.6 Å². The molecule has 0 atom stereocenters. The second-order valence-electron chi connectivity index (χ2n) is 6.55. The molecule has 0 aliphatic carbocycles. The number of benzene rings is 2. The Bertz CT molecular complexity index is 982. The normalized spacial score (nSPS) is 12.1. The van der Waals surface area contributed by atoms with E-state index in [2.05, 4.69) is 10.6 Å². The van der Waals surface area contributed by atoms with Crippen molar-refractivity contribution in [2.24, 2.45) is 0 Å². The van der Waals surface area contributed by atoms with Crippen LogP contribution in [0.1, 0.15) is 15.9 Å². The van der Waals surface area contributed by atoms with E-state index in [-0.39, 0.29) is 10.6 Å². The van der Waals surface area contributed by atoms with Gasteiger partial charge in [0.1, 0.15) is 19.8 Å². The molecule has 0 spiro atoms. The van der Waals surface area contributed by atoms with E-state index >= 15 is 0 Å². The van der Waals surface area contributed by atoms with E-state index in [0.29, 0.717) is 42.7 Å². The third-order valence-corrected chi connectivity index (χ3v) is 4.82. The van der Waals surface area contributed by atoms with Crippen LogP contribution in [0.2, 0.25) is 10.0 Å². The van der Waals surface area contributed by atoms with Crippen molar-refractivity contribution in [3.05, 3.63) is 57.6 Å². The van der Waals surface area contributed by atoms with Gasteiger partial charge in [-0.2, -0.15) is 0 Å². The summed E-state index contributed by atoms with van der Waals surface area (Å²) in [6.07, 6.45) is 0.578. The number of halogens is 2. The van der Waals surface area contributed by atoms with Gasteiger partial charge >= 0.3 is 5.97 Å². The van der Waals surface area contributed by atoms with Crippen LogP contribution in [-0.4, -0.2) is 50.7 Å². The Kier molecular flexibility index (Phi) is 7.97. The van der Waals surface area contributed by atoms with Gasteiger partial charge in [-0.05, 0) is 42.3 Å². The van der Waals surface area contributed by atoms with E-state index in [1.54, 1.807) is 0 Å². The number of nitrogens with one attached hydrogen (secondary N) is 2. The number of rotatable bonds is 8. The van der Waals surface area contributed by atoms with E-state index < -0.39 is 30.9 Å². The molecular formula is C21H20Cl2N2O6. The Morgan fingerprint density at radius 1 is 0.968 bits per heavy atom. The first-order chi connectivity index (χ1) is 14.9. The average molecular weight is 467 g/mol. The highest BCUT2D eigenvalue weighted by Crippen LogP contribution is 2.30. The minimum absolute atomic E-state index is 0.163. The number of hydrogen-bond acceptors (Lipinski definition) is 6. The average Bonchev–Trinajstić information content (AvgIpc) is 2.76. The zero-order valence-corrected chi connectivity index (χ0v) is 17.9. The maximum atomic E-state index is 12.0. The monoisotopic (exact) mass is 466 g/mol. The molecule has 2 aromatic rings. The van der Waals surface area contributed by atoms with Crippen molar-refractivity contribution in [2.45, 2.75) is 6.42 Å². The fourth-order valence-corrected chi connectivity index (χ4v) is 3.25. The van der Waals surface area contributed by atoms with Crippen LogP contribution < -0.4 is 20.1 Å². The zero-order chi connectivity index (χ0) is 22.2. The first-order valence-corrected chi connectivity index (χ1v) is 10.2. The van der Waals surface area contributed by atoms with Gasteiger partial charge in [-0.3, -0.25) is 14.4 Å². The standard InChI is InChI=1S/C21H20Cl2N2O6/c22-14-2-3-15(16(23)10-14)21(28)25-11-20(27)31-12-19(26)24-6-5-13-1-4-17-18(9-13)30-8-7-29-17/h1-4,9-10H,5-8,11-12H2,(H,24,26)(H,25,28). The highest BCUT2D eigenvalue weighted by Gasteiger charge is 2.14. The third-order valence-electron chi connectivity index (χ3n) is 4.28. The summed E-state index contributed by atoms with van der Waals surface area (Å²) in [5, 5.41) is 5.59. The number of fused-ring (bicyclic) bond motifs is 1.